The molecule has 3 heterocycles. The van der Waals surface area contributed by atoms with Crippen LogP contribution < -0.4 is 10.6 Å². The van der Waals surface area contributed by atoms with E-state index in [2.05, 4.69) is 54.6 Å². The van der Waals surface area contributed by atoms with E-state index >= 15 is 0 Å². The van der Waals surface area contributed by atoms with E-state index in [1.807, 2.05) is 49.4 Å². The van der Waals surface area contributed by atoms with Gasteiger partial charge in [-0.05, 0) is 92.4 Å². The zero-order valence-electron chi connectivity index (χ0n) is 23.1. The predicted molar refractivity (Wildman–Crippen MR) is 159 cm³/mol. The van der Waals surface area contributed by atoms with Crippen LogP contribution in [-0.2, 0) is 6.42 Å². The summed E-state index contributed by atoms with van der Waals surface area (Å²) in [7, 11) is 2.19. The van der Waals surface area contributed by atoms with Crippen molar-refractivity contribution in [3.05, 3.63) is 95.4 Å². The van der Waals surface area contributed by atoms with Gasteiger partial charge in [-0.15, -0.1) is 0 Å². The fourth-order valence-corrected chi connectivity index (χ4v) is 5.69. The van der Waals surface area contributed by atoms with Crippen molar-refractivity contribution < 1.29 is 4.79 Å². The van der Waals surface area contributed by atoms with Crippen molar-refractivity contribution in [3.8, 4) is 11.3 Å². The molecule has 204 valence electrons. The van der Waals surface area contributed by atoms with Crippen molar-refractivity contribution in [1.29, 1.82) is 0 Å². The molecule has 2 aliphatic rings. The quantitative estimate of drug-likeness (QED) is 0.340. The lowest BCUT2D eigenvalue weighted by molar-refractivity contribution is 0.101. The van der Waals surface area contributed by atoms with Crippen LogP contribution in [0.5, 0.6) is 0 Å². The highest BCUT2D eigenvalue weighted by molar-refractivity contribution is 6.04. The van der Waals surface area contributed by atoms with Crippen molar-refractivity contribution >= 4 is 23.2 Å². The normalized spacial score (nSPS) is 17.7. The lowest BCUT2D eigenvalue weighted by Gasteiger charge is -2.40. The number of nitrogens with zero attached hydrogens (tertiary/aromatic N) is 5. The molecule has 1 atom stereocenters. The number of rotatable bonds is 6. The molecular formula is C32H35N7O. The van der Waals surface area contributed by atoms with Crippen molar-refractivity contribution in [3.63, 3.8) is 0 Å². The van der Waals surface area contributed by atoms with E-state index in [1.165, 1.54) is 17.5 Å². The molecular weight excluding hydrogens is 498 g/mol. The van der Waals surface area contributed by atoms with Gasteiger partial charge in [0.15, 0.2) is 0 Å². The first kappa shape index (κ1) is 26.1. The minimum absolute atomic E-state index is 0.103. The monoisotopic (exact) mass is 533 g/mol. The summed E-state index contributed by atoms with van der Waals surface area (Å²) in [5, 5.41) is 6.40. The number of piperazine rings is 1. The molecule has 1 saturated heterocycles. The van der Waals surface area contributed by atoms with Gasteiger partial charge in [0.2, 0.25) is 5.95 Å². The molecule has 6 rings (SSSR count). The second kappa shape index (κ2) is 11.5. The van der Waals surface area contributed by atoms with Crippen molar-refractivity contribution in [2.45, 2.75) is 32.2 Å². The first-order valence-electron chi connectivity index (χ1n) is 14.0. The second-order valence-corrected chi connectivity index (χ2v) is 10.8. The van der Waals surface area contributed by atoms with Gasteiger partial charge in [0.25, 0.3) is 5.91 Å². The van der Waals surface area contributed by atoms with Crippen LogP contribution in [0.4, 0.5) is 17.3 Å². The minimum atomic E-state index is -0.103. The molecule has 4 aromatic rings. The maximum Gasteiger partial charge on any atom is 0.255 e. The molecule has 0 spiro atoms. The van der Waals surface area contributed by atoms with Gasteiger partial charge in [-0.1, -0.05) is 12.1 Å². The summed E-state index contributed by atoms with van der Waals surface area (Å²) in [5.74, 6) is 0.381. The number of fused-ring (bicyclic) bond motifs is 1. The fraction of sp³-hybridized carbons (Fsp3) is 0.312. The number of carbonyl (C=O) groups is 1. The maximum absolute atomic E-state index is 13.3. The fourth-order valence-electron chi connectivity index (χ4n) is 5.69. The molecule has 1 unspecified atom stereocenters. The predicted octanol–water partition coefficient (Wildman–Crippen LogP) is 5.47. The summed E-state index contributed by atoms with van der Waals surface area (Å²) >= 11 is 0. The number of hydrogen-bond donors (Lipinski definition) is 2. The van der Waals surface area contributed by atoms with Crippen LogP contribution in [0.2, 0.25) is 0 Å². The highest BCUT2D eigenvalue weighted by atomic mass is 16.1. The van der Waals surface area contributed by atoms with Gasteiger partial charge in [0.05, 0.1) is 5.69 Å². The summed E-state index contributed by atoms with van der Waals surface area (Å²) in [6.07, 6.45) is 8.62. The van der Waals surface area contributed by atoms with Crippen LogP contribution >= 0.6 is 0 Å². The number of pyridine rings is 1. The second-order valence-electron chi connectivity index (χ2n) is 10.8. The Hall–Kier alpha value is -4.14. The Balaban J connectivity index is 1.16. The number of nitrogens with one attached hydrogen (secondary N) is 2. The number of hydrogen-bond acceptors (Lipinski definition) is 7. The van der Waals surface area contributed by atoms with Gasteiger partial charge >= 0.3 is 0 Å². The lowest BCUT2D eigenvalue weighted by atomic mass is 9.85. The van der Waals surface area contributed by atoms with Gasteiger partial charge in [0, 0.05) is 73.3 Å². The highest BCUT2D eigenvalue weighted by Gasteiger charge is 2.28. The van der Waals surface area contributed by atoms with E-state index < -0.39 is 0 Å². The van der Waals surface area contributed by atoms with E-state index in [0.29, 0.717) is 17.6 Å². The Morgan fingerprint density at radius 1 is 1.00 bits per heavy atom. The van der Waals surface area contributed by atoms with E-state index in [0.717, 1.165) is 67.2 Å². The standard InChI is InChI=1S/C32H35N7O/c1-22-8-10-26(20-29(22)37-32-34-14-12-28(36-32)25-6-4-13-33-21-25)35-31(40)24-9-11-27-23(19-24)5-3-7-30(27)39-17-15-38(2)16-18-39/h4,6,8-14,19-21,30H,3,5,7,15-18H2,1-2H3,(H,35,40)(H,34,36,37). The number of amides is 1. The summed E-state index contributed by atoms with van der Waals surface area (Å²) in [5.41, 5.74) is 7.68. The average Bonchev–Trinajstić information content (AvgIpc) is 2.99. The Morgan fingerprint density at radius 2 is 1.88 bits per heavy atom. The molecule has 2 aromatic heterocycles. The Kier molecular flexibility index (Phi) is 7.53. The van der Waals surface area contributed by atoms with Gasteiger partial charge < -0.3 is 15.5 Å². The van der Waals surface area contributed by atoms with Gasteiger partial charge in [0.1, 0.15) is 0 Å². The zero-order chi connectivity index (χ0) is 27.5. The van der Waals surface area contributed by atoms with E-state index in [-0.39, 0.29) is 5.91 Å². The number of anilines is 3. The summed E-state index contributed by atoms with van der Waals surface area (Å²) < 4.78 is 0. The van der Waals surface area contributed by atoms with Crippen LogP contribution in [0.3, 0.4) is 0 Å². The van der Waals surface area contributed by atoms with Gasteiger partial charge in [-0.3, -0.25) is 14.7 Å². The number of carbonyl (C=O) groups excluding carboxylic acids is 1. The number of benzene rings is 2. The van der Waals surface area contributed by atoms with Crippen LogP contribution in [0.15, 0.2) is 73.2 Å². The molecule has 0 radical (unpaired) electrons. The van der Waals surface area contributed by atoms with Gasteiger partial charge in [-0.2, -0.15) is 0 Å². The molecule has 1 aliphatic carbocycles. The third-order valence-corrected chi connectivity index (χ3v) is 8.02. The molecule has 0 bridgehead atoms. The summed E-state index contributed by atoms with van der Waals surface area (Å²) in [6, 6.07) is 18.3. The molecule has 8 heteroatoms. The topological polar surface area (TPSA) is 86.3 Å². The van der Waals surface area contributed by atoms with Crippen molar-refractivity contribution in [2.24, 2.45) is 0 Å². The summed E-state index contributed by atoms with van der Waals surface area (Å²) in [6.45, 7) is 6.44. The van der Waals surface area contributed by atoms with E-state index in [9.17, 15) is 4.79 Å². The van der Waals surface area contributed by atoms with Crippen LogP contribution in [0, 0.1) is 6.92 Å². The van der Waals surface area contributed by atoms with Crippen LogP contribution in [0.1, 0.15) is 45.9 Å². The number of aryl methyl sites for hydroxylation is 2. The molecule has 8 nitrogen and oxygen atoms in total. The largest absolute Gasteiger partial charge is 0.324 e. The third-order valence-electron chi connectivity index (χ3n) is 8.02. The summed E-state index contributed by atoms with van der Waals surface area (Å²) in [4.78, 5) is 31.5. The van der Waals surface area contributed by atoms with E-state index in [1.54, 1.807) is 18.6 Å². The minimum Gasteiger partial charge on any atom is -0.324 e. The first-order chi connectivity index (χ1) is 19.5. The number of aromatic nitrogens is 3. The van der Waals surface area contributed by atoms with Crippen LogP contribution in [0.25, 0.3) is 11.3 Å². The zero-order valence-corrected chi connectivity index (χ0v) is 23.1. The molecule has 2 aromatic carbocycles. The molecule has 40 heavy (non-hydrogen) atoms. The Morgan fingerprint density at radius 3 is 2.70 bits per heavy atom. The molecule has 1 amide bonds. The van der Waals surface area contributed by atoms with Crippen molar-refractivity contribution in [2.75, 3.05) is 43.9 Å². The molecule has 0 saturated carbocycles. The van der Waals surface area contributed by atoms with E-state index in [4.69, 9.17) is 0 Å². The van der Waals surface area contributed by atoms with Crippen LogP contribution in [-0.4, -0.2) is 63.9 Å². The lowest BCUT2D eigenvalue weighted by Crippen LogP contribution is -2.46. The maximum atomic E-state index is 13.3. The molecule has 1 aliphatic heterocycles. The highest BCUT2D eigenvalue weighted by Crippen LogP contribution is 2.35. The van der Waals surface area contributed by atoms with Gasteiger partial charge in [-0.25, -0.2) is 9.97 Å². The molecule has 2 N–H and O–H groups in total. The smallest absolute Gasteiger partial charge is 0.255 e. The third kappa shape index (κ3) is 5.73. The average molecular weight is 534 g/mol. The molecule has 1 fully saturated rings. The number of likely N-dealkylation sites (N-methyl/N-ethyl adjacent to an activating group) is 1. The Labute approximate surface area is 235 Å². The Bertz CT molecular complexity index is 1500. The SMILES string of the molecule is Cc1ccc(NC(=O)c2ccc3c(c2)CCCC3N2CCN(C)CC2)cc1Nc1nccc(-c2cccnc2)n1. The first-order valence-corrected chi connectivity index (χ1v) is 14.0. The van der Waals surface area contributed by atoms with Crippen molar-refractivity contribution in [1.82, 2.24) is 24.8 Å².